The van der Waals surface area contributed by atoms with Crippen LogP contribution >= 0.6 is 0 Å². The minimum atomic E-state index is -0.482. The Morgan fingerprint density at radius 2 is 2.06 bits per heavy atom. The Bertz CT molecular complexity index is 268. The van der Waals surface area contributed by atoms with E-state index in [0.29, 0.717) is 6.54 Å². The Morgan fingerprint density at radius 3 is 2.50 bits per heavy atom. The van der Waals surface area contributed by atoms with Crippen LogP contribution in [-0.2, 0) is 4.74 Å². The molecule has 4 nitrogen and oxygen atoms in total. The average Bonchev–Trinajstić information content (AvgIpc) is 2.37. The second-order valence-corrected chi connectivity index (χ2v) is 6.11. The van der Waals surface area contributed by atoms with E-state index in [1.165, 1.54) is 0 Å². The van der Waals surface area contributed by atoms with Gasteiger partial charge in [-0.2, -0.15) is 0 Å². The van der Waals surface area contributed by atoms with Crippen molar-refractivity contribution in [1.82, 2.24) is 4.90 Å². The highest BCUT2D eigenvalue weighted by Gasteiger charge is 2.43. The maximum absolute atomic E-state index is 11.9. The van der Waals surface area contributed by atoms with Gasteiger partial charge in [0.15, 0.2) is 0 Å². The van der Waals surface area contributed by atoms with Gasteiger partial charge >= 0.3 is 6.09 Å². The van der Waals surface area contributed by atoms with Crippen LogP contribution in [0.3, 0.4) is 0 Å². The SMILES string of the molecule is CC(C)(C)OC(=O)N1CCC(C)(C)C1CO. The number of carbonyl (C=O) groups excluding carboxylic acids is 1. The van der Waals surface area contributed by atoms with Crippen LogP contribution in [0.4, 0.5) is 4.79 Å². The van der Waals surface area contributed by atoms with E-state index < -0.39 is 5.60 Å². The monoisotopic (exact) mass is 229 g/mol. The summed E-state index contributed by atoms with van der Waals surface area (Å²) >= 11 is 0. The van der Waals surface area contributed by atoms with Gasteiger partial charge in [-0.15, -0.1) is 0 Å². The molecule has 1 unspecified atom stereocenters. The largest absolute Gasteiger partial charge is 0.444 e. The lowest BCUT2D eigenvalue weighted by Crippen LogP contribution is -2.45. The van der Waals surface area contributed by atoms with Gasteiger partial charge in [0.05, 0.1) is 12.6 Å². The molecular weight excluding hydrogens is 206 g/mol. The fourth-order valence-corrected chi connectivity index (χ4v) is 2.04. The van der Waals surface area contributed by atoms with E-state index in [1.54, 1.807) is 4.90 Å². The molecule has 1 aliphatic heterocycles. The summed E-state index contributed by atoms with van der Waals surface area (Å²) in [6.45, 7) is 10.3. The standard InChI is InChI=1S/C12H23NO3/c1-11(2,3)16-10(15)13-7-6-12(4,5)9(13)8-14/h9,14H,6-8H2,1-5H3. The molecule has 1 N–H and O–H groups in total. The van der Waals surface area contributed by atoms with Gasteiger partial charge < -0.3 is 14.7 Å². The summed E-state index contributed by atoms with van der Waals surface area (Å²) < 4.78 is 5.32. The highest BCUT2D eigenvalue weighted by Crippen LogP contribution is 2.36. The van der Waals surface area contributed by atoms with E-state index in [2.05, 4.69) is 13.8 Å². The fraction of sp³-hybridized carbons (Fsp3) is 0.917. The molecule has 0 aromatic heterocycles. The van der Waals surface area contributed by atoms with E-state index >= 15 is 0 Å². The molecule has 1 rings (SSSR count). The summed E-state index contributed by atoms with van der Waals surface area (Å²) in [5.74, 6) is 0. The Kier molecular flexibility index (Phi) is 3.53. The lowest BCUT2D eigenvalue weighted by Gasteiger charge is -2.32. The first-order valence-corrected chi connectivity index (χ1v) is 5.78. The van der Waals surface area contributed by atoms with Crippen LogP contribution < -0.4 is 0 Å². The fourth-order valence-electron chi connectivity index (χ4n) is 2.04. The summed E-state index contributed by atoms with van der Waals surface area (Å²) in [5.41, 5.74) is -0.518. The van der Waals surface area contributed by atoms with Gasteiger partial charge in [-0.3, -0.25) is 0 Å². The smallest absolute Gasteiger partial charge is 0.410 e. The Hall–Kier alpha value is -0.770. The number of nitrogens with zero attached hydrogens (tertiary/aromatic N) is 1. The van der Waals surface area contributed by atoms with Crippen molar-refractivity contribution < 1.29 is 14.6 Å². The molecule has 0 spiro atoms. The second-order valence-electron chi connectivity index (χ2n) is 6.11. The number of likely N-dealkylation sites (tertiary alicyclic amines) is 1. The van der Waals surface area contributed by atoms with E-state index in [-0.39, 0.29) is 24.2 Å². The maximum atomic E-state index is 11.9. The van der Waals surface area contributed by atoms with Crippen molar-refractivity contribution in [3.8, 4) is 0 Å². The van der Waals surface area contributed by atoms with Crippen molar-refractivity contribution >= 4 is 6.09 Å². The van der Waals surface area contributed by atoms with Crippen LogP contribution in [0.25, 0.3) is 0 Å². The molecule has 0 aromatic carbocycles. The molecule has 1 aliphatic rings. The number of hydrogen-bond donors (Lipinski definition) is 1. The van der Waals surface area contributed by atoms with Crippen molar-refractivity contribution in [2.75, 3.05) is 13.2 Å². The summed E-state index contributed by atoms with van der Waals surface area (Å²) in [4.78, 5) is 13.6. The van der Waals surface area contributed by atoms with Crippen LogP contribution in [0.2, 0.25) is 0 Å². The highest BCUT2D eigenvalue weighted by molar-refractivity contribution is 5.69. The number of rotatable bonds is 1. The minimum absolute atomic E-state index is 0.00770. The van der Waals surface area contributed by atoms with E-state index in [1.807, 2.05) is 20.8 Å². The van der Waals surface area contributed by atoms with Crippen molar-refractivity contribution in [2.24, 2.45) is 5.41 Å². The second kappa shape index (κ2) is 4.24. The highest BCUT2D eigenvalue weighted by atomic mass is 16.6. The number of aliphatic hydroxyl groups excluding tert-OH is 1. The summed E-state index contributed by atoms with van der Waals surface area (Å²) in [6, 6.07) is -0.137. The molecule has 1 atom stereocenters. The van der Waals surface area contributed by atoms with Crippen LogP contribution in [0.15, 0.2) is 0 Å². The molecule has 1 heterocycles. The first kappa shape index (κ1) is 13.3. The molecule has 4 heteroatoms. The molecular formula is C12H23NO3. The van der Waals surface area contributed by atoms with Gasteiger partial charge in [0.1, 0.15) is 5.60 Å². The van der Waals surface area contributed by atoms with Gasteiger partial charge in [0.25, 0.3) is 0 Å². The molecule has 0 radical (unpaired) electrons. The normalized spacial score (nSPS) is 24.6. The molecule has 0 bridgehead atoms. The molecule has 16 heavy (non-hydrogen) atoms. The van der Waals surface area contributed by atoms with Crippen molar-refractivity contribution in [3.63, 3.8) is 0 Å². The molecule has 1 amide bonds. The number of aliphatic hydroxyl groups is 1. The van der Waals surface area contributed by atoms with Crippen molar-refractivity contribution in [3.05, 3.63) is 0 Å². The number of carbonyl (C=O) groups is 1. The number of amides is 1. The number of ether oxygens (including phenoxy) is 1. The number of hydrogen-bond acceptors (Lipinski definition) is 3. The average molecular weight is 229 g/mol. The third-order valence-electron chi connectivity index (χ3n) is 3.08. The maximum Gasteiger partial charge on any atom is 0.410 e. The topological polar surface area (TPSA) is 49.8 Å². The van der Waals surface area contributed by atoms with Crippen molar-refractivity contribution in [1.29, 1.82) is 0 Å². The first-order valence-electron chi connectivity index (χ1n) is 5.78. The van der Waals surface area contributed by atoms with Gasteiger partial charge in [-0.05, 0) is 32.6 Å². The molecule has 94 valence electrons. The molecule has 1 saturated heterocycles. The lowest BCUT2D eigenvalue weighted by atomic mass is 9.85. The quantitative estimate of drug-likeness (QED) is 0.748. The third-order valence-corrected chi connectivity index (χ3v) is 3.08. The predicted molar refractivity (Wildman–Crippen MR) is 62.2 cm³/mol. The third kappa shape index (κ3) is 2.88. The zero-order chi connectivity index (χ0) is 12.6. The van der Waals surface area contributed by atoms with Gasteiger partial charge in [0.2, 0.25) is 0 Å². The zero-order valence-electron chi connectivity index (χ0n) is 10.9. The summed E-state index contributed by atoms with van der Waals surface area (Å²) in [7, 11) is 0. The molecule has 0 aromatic rings. The van der Waals surface area contributed by atoms with Crippen LogP contribution in [0.1, 0.15) is 41.0 Å². The van der Waals surface area contributed by atoms with Gasteiger partial charge in [0, 0.05) is 6.54 Å². The van der Waals surface area contributed by atoms with E-state index in [0.717, 1.165) is 6.42 Å². The summed E-state index contributed by atoms with van der Waals surface area (Å²) in [5, 5.41) is 9.37. The van der Waals surface area contributed by atoms with Crippen LogP contribution in [-0.4, -0.2) is 40.9 Å². The first-order chi connectivity index (χ1) is 7.17. The molecule has 0 aliphatic carbocycles. The van der Waals surface area contributed by atoms with Crippen LogP contribution in [0.5, 0.6) is 0 Å². The van der Waals surface area contributed by atoms with Gasteiger partial charge in [-0.1, -0.05) is 13.8 Å². The Morgan fingerprint density at radius 1 is 1.50 bits per heavy atom. The Balaban J connectivity index is 2.71. The minimum Gasteiger partial charge on any atom is -0.444 e. The molecule has 0 saturated carbocycles. The van der Waals surface area contributed by atoms with E-state index in [9.17, 15) is 9.90 Å². The summed E-state index contributed by atoms with van der Waals surface area (Å²) in [6.07, 6.45) is 0.578. The lowest BCUT2D eigenvalue weighted by molar-refractivity contribution is 0.00993. The van der Waals surface area contributed by atoms with E-state index in [4.69, 9.17) is 4.74 Å². The van der Waals surface area contributed by atoms with Gasteiger partial charge in [-0.25, -0.2) is 4.79 Å². The predicted octanol–water partition coefficient (Wildman–Crippen LogP) is 2.01. The Labute approximate surface area is 97.6 Å². The van der Waals surface area contributed by atoms with Crippen molar-refractivity contribution in [2.45, 2.75) is 52.7 Å². The molecule has 1 fully saturated rings. The zero-order valence-corrected chi connectivity index (χ0v) is 10.9. The van der Waals surface area contributed by atoms with Crippen LogP contribution in [0, 0.1) is 5.41 Å².